The Bertz CT molecular complexity index is 846. The Morgan fingerprint density at radius 1 is 1.36 bits per heavy atom. The number of hydrogen-bond donors (Lipinski definition) is 2. The van der Waals surface area contributed by atoms with Crippen LogP contribution in [0.5, 0.6) is 0 Å². The molecule has 8 nitrogen and oxygen atoms in total. The van der Waals surface area contributed by atoms with Crippen LogP contribution in [0.25, 0.3) is 5.65 Å². The molecule has 0 radical (unpaired) electrons. The Morgan fingerprint density at radius 3 is 2.68 bits per heavy atom. The van der Waals surface area contributed by atoms with Crippen LogP contribution in [0, 0.1) is 5.92 Å². The van der Waals surface area contributed by atoms with Gasteiger partial charge >= 0.3 is 11.7 Å². The Morgan fingerprint density at radius 2 is 2.08 bits per heavy atom. The van der Waals surface area contributed by atoms with Crippen LogP contribution in [0.1, 0.15) is 39.0 Å². The van der Waals surface area contributed by atoms with Gasteiger partial charge in [-0.05, 0) is 43.7 Å². The van der Waals surface area contributed by atoms with E-state index in [-0.39, 0.29) is 6.54 Å². The number of aliphatic carboxylic acids is 1. The zero-order chi connectivity index (χ0) is 18.0. The minimum atomic E-state index is -1.24. The van der Waals surface area contributed by atoms with Gasteiger partial charge < -0.3 is 10.4 Å². The van der Waals surface area contributed by atoms with Gasteiger partial charge in [-0.2, -0.15) is 0 Å². The first-order valence-electron chi connectivity index (χ1n) is 8.54. The van der Waals surface area contributed by atoms with Crippen LogP contribution >= 0.6 is 0 Å². The number of nitrogens with one attached hydrogen (secondary N) is 1. The highest BCUT2D eigenvalue weighted by Gasteiger charge is 2.42. The number of carbonyl (C=O) groups excluding carboxylic acids is 1. The summed E-state index contributed by atoms with van der Waals surface area (Å²) in [6.07, 6.45) is 4.96. The standard InChI is InChI=1S/C17H22N4O4/c1-2-12-6-8-17(9-7-12,15(23)24)18-14(22)11-21-16(25)20-10-4-3-5-13(20)19-21/h3-5,10,12H,2,6-9,11H2,1H3,(H,18,22)(H,23,24). The number of aromatic nitrogens is 3. The van der Waals surface area contributed by atoms with Gasteiger partial charge in [0.25, 0.3) is 0 Å². The molecule has 2 heterocycles. The summed E-state index contributed by atoms with van der Waals surface area (Å²) in [4.78, 5) is 36.4. The molecule has 1 amide bonds. The fourth-order valence-corrected chi connectivity index (χ4v) is 3.48. The first kappa shape index (κ1) is 17.2. The molecule has 1 aliphatic rings. The normalized spacial score (nSPS) is 23.5. The van der Waals surface area contributed by atoms with E-state index >= 15 is 0 Å². The van der Waals surface area contributed by atoms with Crippen molar-refractivity contribution in [3.05, 3.63) is 34.9 Å². The smallest absolute Gasteiger partial charge is 0.350 e. The highest BCUT2D eigenvalue weighted by Crippen LogP contribution is 2.34. The molecular formula is C17H22N4O4. The lowest BCUT2D eigenvalue weighted by Crippen LogP contribution is -2.57. The van der Waals surface area contributed by atoms with Gasteiger partial charge in [0.15, 0.2) is 5.65 Å². The van der Waals surface area contributed by atoms with Gasteiger partial charge in [0.2, 0.25) is 5.91 Å². The summed E-state index contributed by atoms with van der Waals surface area (Å²) in [7, 11) is 0. The SMILES string of the molecule is CCC1CCC(NC(=O)Cn2nc3ccccn3c2=O)(C(=O)O)CC1. The number of rotatable bonds is 5. The summed E-state index contributed by atoms with van der Waals surface area (Å²) < 4.78 is 2.39. The maximum Gasteiger partial charge on any atom is 0.350 e. The average molecular weight is 346 g/mol. The van der Waals surface area contributed by atoms with E-state index in [1.807, 2.05) is 0 Å². The first-order chi connectivity index (χ1) is 11.9. The molecule has 1 saturated carbocycles. The van der Waals surface area contributed by atoms with Crippen molar-refractivity contribution < 1.29 is 14.7 Å². The molecule has 3 rings (SSSR count). The molecule has 25 heavy (non-hydrogen) atoms. The third kappa shape index (κ3) is 3.29. The summed E-state index contributed by atoms with van der Waals surface area (Å²) >= 11 is 0. The van der Waals surface area contributed by atoms with Crippen LogP contribution in [0.2, 0.25) is 0 Å². The predicted molar refractivity (Wildman–Crippen MR) is 90.2 cm³/mol. The molecule has 0 atom stereocenters. The fourth-order valence-electron chi connectivity index (χ4n) is 3.48. The van der Waals surface area contributed by atoms with E-state index in [2.05, 4.69) is 17.3 Å². The fraction of sp³-hybridized carbons (Fsp3) is 0.529. The quantitative estimate of drug-likeness (QED) is 0.841. The Balaban J connectivity index is 1.75. The predicted octanol–water partition coefficient (Wildman–Crippen LogP) is 1.04. The third-order valence-electron chi connectivity index (χ3n) is 5.11. The molecule has 0 unspecified atom stereocenters. The summed E-state index contributed by atoms with van der Waals surface area (Å²) in [5.41, 5.74) is -1.23. The lowest BCUT2D eigenvalue weighted by atomic mass is 9.75. The monoisotopic (exact) mass is 346 g/mol. The van der Waals surface area contributed by atoms with Crippen molar-refractivity contribution in [3.8, 4) is 0 Å². The van der Waals surface area contributed by atoms with Crippen LogP contribution < -0.4 is 11.0 Å². The van der Waals surface area contributed by atoms with Gasteiger partial charge in [0.05, 0.1) is 0 Å². The van der Waals surface area contributed by atoms with E-state index in [4.69, 9.17) is 0 Å². The summed E-state index contributed by atoms with van der Waals surface area (Å²) in [5.74, 6) is -1.02. The lowest BCUT2D eigenvalue weighted by molar-refractivity contribution is -0.150. The molecule has 0 spiro atoms. The molecule has 0 aromatic carbocycles. The third-order valence-corrected chi connectivity index (χ3v) is 5.11. The number of carboxylic acid groups (broad SMARTS) is 1. The average Bonchev–Trinajstić information content (AvgIpc) is 2.91. The molecule has 2 N–H and O–H groups in total. The number of carboxylic acids is 1. The van der Waals surface area contributed by atoms with Crippen molar-refractivity contribution in [1.82, 2.24) is 19.5 Å². The van der Waals surface area contributed by atoms with Crippen LogP contribution in [0.3, 0.4) is 0 Å². The maximum atomic E-state index is 12.4. The van der Waals surface area contributed by atoms with Crippen LogP contribution in [0.15, 0.2) is 29.2 Å². The minimum Gasteiger partial charge on any atom is -0.480 e. The Labute approximate surface area is 144 Å². The molecule has 2 aromatic rings. The lowest BCUT2D eigenvalue weighted by Gasteiger charge is -2.37. The van der Waals surface area contributed by atoms with Crippen molar-refractivity contribution in [2.45, 2.75) is 51.1 Å². The molecule has 8 heteroatoms. The van der Waals surface area contributed by atoms with E-state index in [9.17, 15) is 19.5 Å². The van der Waals surface area contributed by atoms with Gasteiger partial charge in [-0.1, -0.05) is 19.4 Å². The van der Waals surface area contributed by atoms with Gasteiger partial charge in [0, 0.05) is 6.20 Å². The Hall–Kier alpha value is -2.64. The van der Waals surface area contributed by atoms with Crippen molar-refractivity contribution >= 4 is 17.5 Å². The minimum absolute atomic E-state index is 0.299. The molecule has 0 saturated heterocycles. The number of fused-ring (bicyclic) bond motifs is 1. The number of nitrogens with zero attached hydrogens (tertiary/aromatic N) is 3. The number of pyridine rings is 1. The van der Waals surface area contributed by atoms with E-state index < -0.39 is 23.1 Å². The van der Waals surface area contributed by atoms with Crippen molar-refractivity contribution in [2.24, 2.45) is 5.92 Å². The number of hydrogen-bond acceptors (Lipinski definition) is 4. The number of carbonyl (C=O) groups is 2. The van der Waals surface area contributed by atoms with E-state index in [1.165, 1.54) is 4.40 Å². The van der Waals surface area contributed by atoms with E-state index in [1.54, 1.807) is 24.4 Å². The summed E-state index contributed by atoms with van der Waals surface area (Å²) in [5, 5.41) is 16.4. The maximum absolute atomic E-state index is 12.4. The van der Waals surface area contributed by atoms with Crippen molar-refractivity contribution in [2.75, 3.05) is 0 Å². The second-order valence-electron chi connectivity index (χ2n) is 6.66. The zero-order valence-electron chi connectivity index (χ0n) is 14.1. The highest BCUT2D eigenvalue weighted by atomic mass is 16.4. The highest BCUT2D eigenvalue weighted by molar-refractivity contribution is 5.87. The molecule has 134 valence electrons. The van der Waals surface area contributed by atoms with Crippen LogP contribution in [-0.2, 0) is 16.1 Å². The van der Waals surface area contributed by atoms with Gasteiger partial charge in [-0.25, -0.2) is 14.3 Å². The van der Waals surface area contributed by atoms with Crippen molar-refractivity contribution in [1.29, 1.82) is 0 Å². The number of amides is 1. The van der Waals surface area contributed by atoms with Crippen LogP contribution in [-0.4, -0.2) is 36.7 Å². The topological polar surface area (TPSA) is 106 Å². The molecular weight excluding hydrogens is 324 g/mol. The van der Waals surface area contributed by atoms with Crippen molar-refractivity contribution in [3.63, 3.8) is 0 Å². The van der Waals surface area contributed by atoms with Gasteiger partial charge in [0.1, 0.15) is 12.1 Å². The summed E-state index contributed by atoms with van der Waals surface area (Å²) in [6, 6.07) is 5.12. The zero-order valence-corrected chi connectivity index (χ0v) is 14.1. The first-order valence-corrected chi connectivity index (χ1v) is 8.54. The van der Waals surface area contributed by atoms with Gasteiger partial charge in [-0.15, -0.1) is 5.10 Å². The molecule has 0 bridgehead atoms. The Kier molecular flexibility index (Phi) is 4.61. The molecule has 2 aromatic heterocycles. The van der Waals surface area contributed by atoms with Gasteiger partial charge in [-0.3, -0.25) is 9.20 Å². The molecule has 1 aliphatic carbocycles. The second kappa shape index (κ2) is 6.70. The second-order valence-corrected chi connectivity index (χ2v) is 6.66. The molecule has 1 fully saturated rings. The van der Waals surface area contributed by atoms with Crippen LogP contribution in [0.4, 0.5) is 0 Å². The van der Waals surface area contributed by atoms with E-state index in [0.29, 0.717) is 24.4 Å². The van der Waals surface area contributed by atoms with E-state index in [0.717, 1.165) is 23.9 Å². The summed E-state index contributed by atoms with van der Waals surface area (Å²) in [6.45, 7) is 1.79. The molecule has 0 aliphatic heterocycles. The largest absolute Gasteiger partial charge is 0.480 e.